The summed E-state index contributed by atoms with van der Waals surface area (Å²) in [7, 11) is -3.31. The Morgan fingerprint density at radius 1 is 1.35 bits per heavy atom. The van der Waals surface area contributed by atoms with Crippen molar-refractivity contribution in [3.8, 4) is 0 Å². The molecule has 8 heteroatoms. The molecule has 0 aliphatic heterocycles. The predicted octanol–water partition coefficient (Wildman–Crippen LogP) is 1.21. The number of hydrogen-bond donors (Lipinski definition) is 3. The molecular weight excluding hydrogens is 304 g/mol. The van der Waals surface area contributed by atoms with Crippen LogP contribution in [0.4, 0.5) is 5.69 Å². The Hall–Kier alpha value is -1.31. The number of aliphatic carboxylic acids is 1. The van der Waals surface area contributed by atoms with Gasteiger partial charge in [-0.1, -0.05) is 19.1 Å². The van der Waals surface area contributed by atoms with Gasteiger partial charge < -0.3 is 10.8 Å². The van der Waals surface area contributed by atoms with Crippen molar-refractivity contribution in [2.24, 2.45) is 5.73 Å². The first kappa shape index (κ1) is 18.7. The van der Waals surface area contributed by atoms with Crippen LogP contribution in [0.15, 0.2) is 24.3 Å². The van der Waals surface area contributed by atoms with Crippen molar-refractivity contribution in [3.05, 3.63) is 29.8 Å². The number of carboxylic acids is 1. The molecule has 0 saturated carbocycles. The average Bonchev–Trinajstić information content (AvgIpc) is 2.29. The maximum atomic E-state index is 11.1. The van der Waals surface area contributed by atoms with Crippen LogP contribution in [-0.2, 0) is 21.2 Å². The van der Waals surface area contributed by atoms with E-state index in [1.54, 1.807) is 31.2 Å². The van der Waals surface area contributed by atoms with Crippen LogP contribution in [0, 0.1) is 0 Å². The molecule has 1 atom stereocenters. The van der Waals surface area contributed by atoms with E-state index in [0.29, 0.717) is 12.1 Å². The number of carboxylic acid groups (broad SMARTS) is 1. The van der Waals surface area contributed by atoms with Crippen molar-refractivity contribution in [1.82, 2.24) is 0 Å². The number of rotatable bonds is 6. The minimum absolute atomic E-state index is 0. The van der Waals surface area contributed by atoms with Gasteiger partial charge in [0.1, 0.15) is 5.54 Å². The number of sulfonamides is 1. The largest absolute Gasteiger partial charge is 0.480 e. The molecule has 114 valence electrons. The van der Waals surface area contributed by atoms with Gasteiger partial charge in [-0.2, -0.15) is 0 Å². The van der Waals surface area contributed by atoms with Crippen LogP contribution in [0.1, 0.15) is 18.9 Å². The van der Waals surface area contributed by atoms with Crippen LogP contribution in [0.5, 0.6) is 0 Å². The zero-order chi connectivity index (χ0) is 14.7. The number of carbonyl (C=O) groups is 1. The van der Waals surface area contributed by atoms with Crippen molar-refractivity contribution < 1.29 is 18.3 Å². The minimum Gasteiger partial charge on any atom is -0.480 e. The number of nitrogens with two attached hydrogens (primary N) is 1. The van der Waals surface area contributed by atoms with E-state index in [4.69, 9.17) is 10.8 Å². The molecule has 0 saturated heterocycles. The molecule has 4 N–H and O–H groups in total. The van der Waals surface area contributed by atoms with E-state index in [2.05, 4.69) is 4.72 Å². The maximum Gasteiger partial charge on any atom is 0.324 e. The second kappa shape index (κ2) is 6.92. The molecule has 0 spiro atoms. The Balaban J connectivity index is 0.00000361. The fraction of sp³-hybridized carbons (Fsp3) is 0.417. The van der Waals surface area contributed by atoms with E-state index >= 15 is 0 Å². The highest BCUT2D eigenvalue weighted by atomic mass is 35.5. The number of benzene rings is 1. The highest BCUT2D eigenvalue weighted by Gasteiger charge is 2.31. The van der Waals surface area contributed by atoms with Crippen molar-refractivity contribution in [2.75, 3.05) is 11.0 Å². The quantitative estimate of drug-likeness (QED) is 0.729. The van der Waals surface area contributed by atoms with E-state index in [1.807, 2.05) is 0 Å². The molecule has 1 aromatic carbocycles. The Bertz CT molecular complexity index is 559. The van der Waals surface area contributed by atoms with Gasteiger partial charge in [0, 0.05) is 12.1 Å². The molecule has 0 radical (unpaired) electrons. The second-order valence-corrected chi connectivity index (χ2v) is 6.31. The van der Waals surface area contributed by atoms with Gasteiger partial charge in [-0.25, -0.2) is 8.42 Å². The summed E-state index contributed by atoms with van der Waals surface area (Å²) < 4.78 is 24.4. The molecule has 0 fully saturated rings. The fourth-order valence-electron chi connectivity index (χ4n) is 1.62. The summed E-state index contributed by atoms with van der Waals surface area (Å²) in [6.45, 7) is 1.72. The zero-order valence-electron chi connectivity index (χ0n) is 11.3. The van der Waals surface area contributed by atoms with Gasteiger partial charge in [0.2, 0.25) is 10.0 Å². The smallest absolute Gasteiger partial charge is 0.324 e. The number of hydrogen-bond acceptors (Lipinski definition) is 4. The lowest BCUT2D eigenvalue weighted by Gasteiger charge is -2.23. The molecular formula is C12H19ClN2O4S. The lowest BCUT2D eigenvalue weighted by Crippen LogP contribution is -2.49. The van der Waals surface area contributed by atoms with Crippen molar-refractivity contribution in [2.45, 2.75) is 25.3 Å². The van der Waals surface area contributed by atoms with E-state index < -0.39 is 21.5 Å². The first-order valence-corrected chi connectivity index (χ1v) is 7.64. The van der Waals surface area contributed by atoms with Gasteiger partial charge in [-0.05, 0) is 24.1 Å². The van der Waals surface area contributed by atoms with Crippen LogP contribution >= 0.6 is 12.4 Å². The molecule has 1 rings (SSSR count). The third kappa shape index (κ3) is 5.36. The molecule has 0 heterocycles. The molecule has 0 aromatic heterocycles. The Labute approximate surface area is 124 Å². The summed E-state index contributed by atoms with van der Waals surface area (Å²) in [4.78, 5) is 11.1. The maximum absolute atomic E-state index is 11.1. The summed E-state index contributed by atoms with van der Waals surface area (Å²) in [5.74, 6) is -1.05. The minimum atomic E-state index is -3.31. The van der Waals surface area contributed by atoms with Crippen LogP contribution in [0.25, 0.3) is 0 Å². The van der Waals surface area contributed by atoms with E-state index in [9.17, 15) is 13.2 Å². The standard InChI is InChI=1S/C12H18N2O4S.ClH/c1-3-12(13,11(15)16)8-9-4-6-10(7-5-9)14-19(2,17)18;/h4-7,14H,3,8,13H2,1-2H3,(H,15,16);1H/t12-;/m0./s1. The van der Waals surface area contributed by atoms with Gasteiger partial charge in [-0.3, -0.25) is 9.52 Å². The molecule has 0 bridgehead atoms. The first-order chi connectivity index (χ1) is 8.66. The summed E-state index contributed by atoms with van der Waals surface area (Å²) in [6.07, 6.45) is 1.57. The van der Waals surface area contributed by atoms with E-state index in [0.717, 1.165) is 11.8 Å². The summed E-state index contributed by atoms with van der Waals surface area (Å²) in [6, 6.07) is 6.48. The van der Waals surface area contributed by atoms with E-state index in [1.165, 1.54) is 0 Å². The normalized spacial score (nSPS) is 13.9. The molecule has 6 nitrogen and oxygen atoms in total. The van der Waals surface area contributed by atoms with Crippen LogP contribution in [-0.4, -0.2) is 31.3 Å². The summed E-state index contributed by atoms with van der Waals surface area (Å²) in [5.41, 5.74) is 5.67. The Kier molecular flexibility index (Phi) is 6.46. The van der Waals surface area contributed by atoms with Gasteiger partial charge in [0.15, 0.2) is 0 Å². The van der Waals surface area contributed by atoms with Crippen molar-refractivity contribution in [3.63, 3.8) is 0 Å². The monoisotopic (exact) mass is 322 g/mol. The van der Waals surface area contributed by atoms with Crippen LogP contribution in [0.2, 0.25) is 0 Å². The highest BCUT2D eigenvalue weighted by Crippen LogP contribution is 2.18. The molecule has 0 amide bonds. The highest BCUT2D eigenvalue weighted by molar-refractivity contribution is 7.92. The summed E-state index contributed by atoms with van der Waals surface area (Å²) >= 11 is 0. The Morgan fingerprint density at radius 2 is 1.85 bits per heavy atom. The average molecular weight is 323 g/mol. The SMILES string of the molecule is CC[C@](N)(Cc1ccc(NS(C)(=O)=O)cc1)C(=O)O.Cl. The van der Waals surface area contributed by atoms with Crippen molar-refractivity contribution in [1.29, 1.82) is 0 Å². The number of halogens is 1. The molecule has 0 aliphatic carbocycles. The van der Waals surface area contributed by atoms with Gasteiger partial charge in [0.25, 0.3) is 0 Å². The van der Waals surface area contributed by atoms with Gasteiger partial charge in [0.05, 0.1) is 6.26 Å². The predicted molar refractivity (Wildman–Crippen MR) is 80.7 cm³/mol. The molecule has 0 aliphatic rings. The third-order valence-electron chi connectivity index (χ3n) is 2.83. The summed E-state index contributed by atoms with van der Waals surface area (Å²) in [5, 5.41) is 9.08. The Morgan fingerprint density at radius 3 is 2.20 bits per heavy atom. The second-order valence-electron chi connectivity index (χ2n) is 4.56. The number of anilines is 1. The fourth-order valence-corrected chi connectivity index (χ4v) is 2.19. The lowest BCUT2D eigenvalue weighted by atomic mass is 9.89. The number of nitrogens with one attached hydrogen (secondary N) is 1. The molecule has 20 heavy (non-hydrogen) atoms. The van der Waals surface area contributed by atoms with Gasteiger partial charge >= 0.3 is 5.97 Å². The topological polar surface area (TPSA) is 109 Å². The molecule has 1 aromatic rings. The lowest BCUT2D eigenvalue weighted by molar-refractivity contribution is -0.143. The first-order valence-electron chi connectivity index (χ1n) is 5.75. The van der Waals surface area contributed by atoms with Crippen molar-refractivity contribution >= 4 is 34.1 Å². The van der Waals surface area contributed by atoms with Gasteiger partial charge in [-0.15, -0.1) is 12.4 Å². The zero-order valence-corrected chi connectivity index (χ0v) is 12.9. The third-order valence-corrected chi connectivity index (χ3v) is 3.44. The van der Waals surface area contributed by atoms with E-state index in [-0.39, 0.29) is 18.8 Å². The van der Waals surface area contributed by atoms with Crippen LogP contribution in [0.3, 0.4) is 0 Å². The van der Waals surface area contributed by atoms with Crippen LogP contribution < -0.4 is 10.5 Å². The molecule has 0 unspecified atom stereocenters.